The van der Waals surface area contributed by atoms with Crippen LogP contribution in [-0.2, 0) is 4.74 Å². The molecule has 1 aromatic heterocycles. The summed E-state index contributed by atoms with van der Waals surface area (Å²) >= 11 is 0. The summed E-state index contributed by atoms with van der Waals surface area (Å²) in [6.45, 7) is 6.47. The first-order valence-corrected chi connectivity index (χ1v) is 6.47. The van der Waals surface area contributed by atoms with Gasteiger partial charge in [0.1, 0.15) is 0 Å². The number of nitrogens with zero attached hydrogens (tertiary/aromatic N) is 1. The number of nitrogens with one attached hydrogen (secondary N) is 1. The Balaban J connectivity index is 1.92. The molecule has 94 valence electrons. The molecule has 1 aliphatic heterocycles. The van der Waals surface area contributed by atoms with Gasteiger partial charge in [-0.15, -0.1) is 0 Å². The van der Waals surface area contributed by atoms with E-state index in [0.29, 0.717) is 24.3 Å². The summed E-state index contributed by atoms with van der Waals surface area (Å²) < 4.78 is 5.75. The molecule has 1 fully saturated rings. The Morgan fingerprint density at radius 1 is 1.29 bits per heavy atom. The highest BCUT2D eigenvalue weighted by Crippen LogP contribution is 2.21. The average Bonchev–Trinajstić information content (AvgIpc) is 2.28. The van der Waals surface area contributed by atoms with Gasteiger partial charge in [0.15, 0.2) is 0 Å². The summed E-state index contributed by atoms with van der Waals surface area (Å²) in [5, 5.41) is 3.65. The van der Waals surface area contributed by atoms with Crippen LogP contribution in [0.4, 0.5) is 0 Å². The molecule has 0 aromatic carbocycles. The first kappa shape index (κ1) is 12.5. The van der Waals surface area contributed by atoms with Crippen LogP contribution in [0.5, 0.6) is 0 Å². The van der Waals surface area contributed by atoms with E-state index >= 15 is 0 Å². The van der Waals surface area contributed by atoms with Gasteiger partial charge in [-0.3, -0.25) is 4.98 Å². The van der Waals surface area contributed by atoms with E-state index in [4.69, 9.17) is 4.74 Å². The molecule has 3 unspecified atom stereocenters. The lowest BCUT2D eigenvalue weighted by Crippen LogP contribution is -2.42. The SMILES string of the molecule is CC1CC(NC(C)c2ccccn2)CC(C)O1. The van der Waals surface area contributed by atoms with Crippen LogP contribution in [0.15, 0.2) is 24.4 Å². The number of hydrogen-bond acceptors (Lipinski definition) is 3. The van der Waals surface area contributed by atoms with E-state index in [-0.39, 0.29) is 0 Å². The van der Waals surface area contributed by atoms with Crippen LogP contribution < -0.4 is 5.32 Å². The average molecular weight is 234 g/mol. The van der Waals surface area contributed by atoms with Crippen molar-refractivity contribution in [2.24, 2.45) is 0 Å². The molecule has 3 nitrogen and oxygen atoms in total. The van der Waals surface area contributed by atoms with Gasteiger partial charge in [-0.2, -0.15) is 0 Å². The maximum atomic E-state index is 5.75. The molecule has 3 heteroatoms. The van der Waals surface area contributed by atoms with Gasteiger partial charge in [0.25, 0.3) is 0 Å². The second kappa shape index (κ2) is 5.61. The van der Waals surface area contributed by atoms with Gasteiger partial charge < -0.3 is 10.1 Å². The molecule has 1 aromatic rings. The first-order valence-electron chi connectivity index (χ1n) is 6.47. The van der Waals surface area contributed by atoms with Crippen molar-refractivity contribution in [3.63, 3.8) is 0 Å². The van der Waals surface area contributed by atoms with Crippen molar-refractivity contribution in [1.29, 1.82) is 0 Å². The summed E-state index contributed by atoms with van der Waals surface area (Å²) in [6.07, 6.45) is 4.73. The number of aromatic nitrogens is 1. The van der Waals surface area contributed by atoms with Gasteiger partial charge >= 0.3 is 0 Å². The highest BCUT2D eigenvalue weighted by molar-refractivity contribution is 5.08. The second-order valence-corrected chi connectivity index (χ2v) is 5.07. The molecule has 1 N–H and O–H groups in total. The van der Waals surface area contributed by atoms with Crippen LogP contribution >= 0.6 is 0 Å². The van der Waals surface area contributed by atoms with Crippen LogP contribution in [0.25, 0.3) is 0 Å². The van der Waals surface area contributed by atoms with E-state index in [1.54, 1.807) is 0 Å². The molecule has 2 heterocycles. The lowest BCUT2D eigenvalue weighted by molar-refractivity contribution is -0.0434. The molecule has 0 spiro atoms. The molecule has 1 saturated heterocycles. The molecule has 0 amide bonds. The second-order valence-electron chi connectivity index (χ2n) is 5.07. The van der Waals surface area contributed by atoms with Crippen molar-refractivity contribution in [3.05, 3.63) is 30.1 Å². The quantitative estimate of drug-likeness (QED) is 0.873. The van der Waals surface area contributed by atoms with Gasteiger partial charge in [0, 0.05) is 18.3 Å². The summed E-state index contributed by atoms with van der Waals surface area (Å²) in [7, 11) is 0. The maximum absolute atomic E-state index is 5.75. The fraction of sp³-hybridized carbons (Fsp3) is 0.643. The zero-order valence-electron chi connectivity index (χ0n) is 10.9. The van der Waals surface area contributed by atoms with E-state index in [2.05, 4.69) is 37.1 Å². The summed E-state index contributed by atoms with van der Waals surface area (Å²) in [5.41, 5.74) is 1.11. The normalized spacial score (nSPS) is 31.1. The Morgan fingerprint density at radius 3 is 2.59 bits per heavy atom. The predicted molar refractivity (Wildman–Crippen MR) is 68.8 cm³/mol. The smallest absolute Gasteiger partial charge is 0.0570 e. The Kier molecular flexibility index (Phi) is 4.13. The van der Waals surface area contributed by atoms with Gasteiger partial charge in [-0.05, 0) is 45.7 Å². The standard InChI is InChI=1S/C14H22N2O/c1-10-8-13(9-11(2)17-10)16-12(3)14-6-4-5-7-15-14/h4-7,10-13,16H,8-9H2,1-3H3. The van der Waals surface area contributed by atoms with Crippen molar-refractivity contribution in [1.82, 2.24) is 10.3 Å². The Hall–Kier alpha value is -0.930. The van der Waals surface area contributed by atoms with Crippen molar-refractivity contribution in [3.8, 4) is 0 Å². The first-order chi connectivity index (χ1) is 8.15. The molecule has 0 radical (unpaired) electrons. The van der Waals surface area contributed by atoms with Crippen LogP contribution in [0.1, 0.15) is 45.3 Å². The van der Waals surface area contributed by atoms with E-state index in [0.717, 1.165) is 18.5 Å². The minimum Gasteiger partial charge on any atom is -0.375 e. The van der Waals surface area contributed by atoms with Gasteiger partial charge in [-0.25, -0.2) is 0 Å². The van der Waals surface area contributed by atoms with E-state index in [1.807, 2.05) is 18.3 Å². The topological polar surface area (TPSA) is 34.2 Å². The lowest BCUT2D eigenvalue weighted by Gasteiger charge is -2.34. The van der Waals surface area contributed by atoms with Crippen LogP contribution in [-0.4, -0.2) is 23.2 Å². The van der Waals surface area contributed by atoms with E-state index in [1.165, 1.54) is 0 Å². The van der Waals surface area contributed by atoms with Crippen molar-refractivity contribution in [2.75, 3.05) is 0 Å². The minimum absolute atomic E-state index is 0.304. The summed E-state index contributed by atoms with van der Waals surface area (Å²) in [5.74, 6) is 0. The van der Waals surface area contributed by atoms with Gasteiger partial charge in [0.2, 0.25) is 0 Å². The minimum atomic E-state index is 0.304. The van der Waals surface area contributed by atoms with Crippen LogP contribution in [0.3, 0.4) is 0 Å². The van der Waals surface area contributed by atoms with Gasteiger partial charge in [0.05, 0.1) is 17.9 Å². The fourth-order valence-corrected chi connectivity index (χ4v) is 2.61. The molecular formula is C14H22N2O. The number of rotatable bonds is 3. The molecular weight excluding hydrogens is 212 g/mol. The third kappa shape index (κ3) is 3.51. The fourth-order valence-electron chi connectivity index (χ4n) is 2.61. The molecule has 17 heavy (non-hydrogen) atoms. The predicted octanol–water partition coefficient (Wildman–Crippen LogP) is 2.69. The largest absolute Gasteiger partial charge is 0.375 e. The molecule has 1 aliphatic rings. The maximum Gasteiger partial charge on any atom is 0.0570 e. The molecule has 3 atom stereocenters. The number of ether oxygens (including phenoxy) is 1. The molecule has 0 saturated carbocycles. The van der Waals surface area contributed by atoms with E-state index < -0.39 is 0 Å². The lowest BCUT2D eigenvalue weighted by atomic mass is 9.98. The molecule has 0 aliphatic carbocycles. The summed E-state index contributed by atoms with van der Waals surface area (Å²) in [4.78, 5) is 4.39. The third-order valence-electron chi connectivity index (χ3n) is 3.31. The highest BCUT2D eigenvalue weighted by atomic mass is 16.5. The Morgan fingerprint density at radius 2 is 2.00 bits per heavy atom. The zero-order chi connectivity index (χ0) is 12.3. The number of pyridine rings is 1. The van der Waals surface area contributed by atoms with Crippen molar-refractivity contribution < 1.29 is 4.74 Å². The monoisotopic (exact) mass is 234 g/mol. The highest BCUT2D eigenvalue weighted by Gasteiger charge is 2.25. The molecule has 2 rings (SSSR count). The third-order valence-corrected chi connectivity index (χ3v) is 3.31. The zero-order valence-corrected chi connectivity index (χ0v) is 10.9. The Bertz CT molecular complexity index is 331. The van der Waals surface area contributed by atoms with Crippen molar-refractivity contribution >= 4 is 0 Å². The van der Waals surface area contributed by atoms with Crippen LogP contribution in [0.2, 0.25) is 0 Å². The number of hydrogen-bond donors (Lipinski definition) is 1. The van der Waals surface area contributed by atoms with Crippen LogP contribution in [0, 0.1) is 0 Å². The Labute approximate surface area is 104 Å². The van der Waals surface area contributed by atoms with E-state index in [9.17, 15) is 0 Å². The van der Waals surface area contributed by atoms with Crippen molar-refractivity contribution in [2.45, 2.75) is 57.9 Å². The summed E-state index contributed by atoms with van der Waals surface area (Å²) in [6, 6.07) is 6.90. The molecule has 0 bridgehead atoms. The van der Waals surface area contributed by atoms with Gasteiger partial charge in [-0.1, -0.05) is 6.07 Å².